The monoisotopic (exact) mass is 651 g/mol. The molecule has 0 fully saturated rings. The van der Waals surface area contributed by atoms with Crippen molar-refractivity contribution in [3.63, 3.8) is 0 Å². The molecule has 0 atom stereocenters. The molecule has 5 nitrogen and oxygen atoms in total. The zero-order chi connectivity index (χ0) is 35.2. The van der Waals surface area contributed by atoms with Crippen LogP contribution in [0.2, 0.25) is 0 Å². The third-order valence-corrected chi connectivity index (χ3v) is 8.11. The molecule has 0 saturated heterocycles. The first-order chi connectivity index (χ1) is 23.2. The average Bonchev–Trinajstić information content (AvgIpc) is 3.11. The van der Waals surface area contributed by atoms with E-state index < -0.39 is 50.4 Å². The van der Waals surface area contributed by atoms with E-state index in [4.69, 9.17) is 0 Å². The molecule has 3 rings (SSSR count). The maximum absolute atomic E-state index is 16.1. The van der Waals surface area contributed by atoms with Gasteiger partial charge in [-0.25, -0.2) is 17.6 Å². The van der Waals surface area contributed by atoms with Crippen LogP contribution in [-0.4, -0.2) is 13.1 Å². The van der Waals surface area contributed by atoms with Gasteiger partial charge in [-0.05, 0) is 54.5 Å². The van der Waals surface area contributed by atoms with Gasteiger partial charge in [0.2, 0.25) is 0 Å². The summed E-state index contributed by atoms with van der Waals surface area (Å²) >= 11 is 0. The zero-order valence-electron chi connectivity index (χ0n) is 27.4. The van der Waals surface area contributed by atoms with Crippen LogP contribution < -0.4 is 15.3 Å². The summed E-state index contributed by atoms with van der Waals surface area (Å²) in [6.07, 6.45) is 7.55. The molecular formula is C39H37F4N5. The Labute approximate surface area is 279 Å². The number of nitrogens with zero attached hydrogens (tertiary/aromatic N) is 5. The number of nitriles is 4. The van der Waals surface area contributed by atoms with Crippen LogP contribution in [0.5, 0.6) is 0 Å². The lowest BCUT2D eigenvalue weighted by molar-refractivity contribution is 0.434. The van der Waals surface area contributed by atoms with Crippen LogP contribution >= 0.6 is 0 Å². The van der Waals surface area contributed by atoms with E-state index in [0.29, 0.717) is 0 Å². The predicted molar refractivity (Wildman–Crippen MR) is 179 cm³/mol. The maximum Gasteiger partial charge on any atom is 0.171 e. The first-order valence-electron chi connectivity index (χ1n) is 16.1. The molecule has 0 spiro atoms. The molecule has 48 heavy (non-hydrogen) atoms. The molecule has 246 valence electrons. The van der Waals surface area contributed by atoms with Crippen LogP contribution in [0.15, 0.2) is 54.1 Å². The highest BCUT2D eigenvalue weighted by Gasteiger charge is 2.27. The lowest BCUT2D eigenvalue weighted by Crippen LogP contribution is -2.32. The van der Waals surface area contributed by atoms with Crippen molar-refractivity contribution in [2.45, 2.75) is 72.1 Å². The fraction of sp³-hybridized carbons (Fsp3) is 0.333. The normalized spacial score (nSPS) is 10.3. The Morgan fingerprint density at radius 3 is 1.52 bits per heavy atom. The minimum atomic E-state index is -1.94. The average molecular weight is 652 g/mol. The summed E-state index contributed by atoms with van der Waals surface area (Å²) < 4.78 is 63.4. The fourth-order valence-corrected chi connectivity index (χ4v) is 5.50. The molecule has 0 radical (unpaired) electrons. The van der Waals surface area contributed by atoms with Crippen LogP contribution in [0.4, 0.5) is 23.2 Å². The summed E-state index contributed by atoms with van der Waals surface area (Å²) in [4.78, 5) is 2.18. The Balaban J connectivity index is 2.51. The standard InChI is InChI=1S/C39H37F4N5/c1-4-7-10-11-26-12-14-27(15-13-26)32(29(22-44)23-45)33(28-16-18-31(19-17-28)48(20-8-5-2)21-9-6-3)35-38(42)36(40)34(30(24-46)25-47)37(41)39(35)43/h12-19H,4-11,20-21H2,1-3H3. The van der Waals surface area contributed by atoms with Crippen molar-refractivity contribution in [2.75, 3.05) is 18.0 Å². The summed E-state index contributed by atoms with van der Waals surface area (Å²) in [6.45, 7) is 7.78. The molecule has 0 aromatic heterocycles. The van der Waals surface area contributed by atoms with E-state index in [1.165, 1.54) is 24.3 Å². The van der Waals surface area contributed by atoms with E-state index in [-0.39, 0.29) is 16.7 Å². The van der Waals surface area contributed by atoms with E-state index in [9.17, 15) is 21.0 Å². The van der Waals surface area contributed by atoms with Gasteiger partial charge in [-0.15, -0.1) is 0 Å². The summed E-state index contributed by atoms with van der Waals surface area (Å²) in [6, 6.07) is 19.4. The molecule has 0 amide bonds. The summed E-state index contributed by atoms with van der Waals surface area (Å²) in [7, 11) is 0. The van der Waals surface area contributed by atoms with Crippen LogP contribution in [0.1, 0.15) is 82.4 Å². The SMILES string of the molecule is CCCCCc1ccc(C(=C(C#N)C#N)C(c2ccc(N(CCCC)CCCC)cc2)=c2c(F)c(F)c(=C(C#N)C#N)c(F)c2F)cc1. The highest BCUT2D eigenvalue weighted by Crippen LogP contribution is 2.34. The number of benzene rings is 3. The molecule has 0 saturated carbocycles. The zero-order valence-corrected chi connectivity index (χ0v) is 27.4. The van der Waals surface area contributed by atoms with E-state index in [0.717, 1.165) is 75.7 Å². The van der Waals surface area contributed by atoms with Crippen LogP contribution in [0, 0.1) is 68.6 Å². The van der Waals surface area contributed by atoms with Crippen molar-refractivity contribution in [2.24, 2.45) is 0 Å². The molecule has 0 unspecified atom stereocenters. The molecule has 0 heterocycles. The Morgan fingerprint density at radius 1 is 0.583 bits per heavy atom. The first kappa shape index (κ1) is 37.1. The number of rotatable bonds is 14. The number of hydrogen-bond acceptors (Lipinski definition) is 5. The van der Waals surface area contributed by atoms with Crippen molar-refractivity contribution < 1.29 is 17.6 Å². The quantitative estimate of drug-likeness (QED) is 0.0756. The summed E-state index contributed by atoms with van der Waals surface area (Å²) in [5, 5.41) is 36.0. The van der Waals surface area contributed by atoms with Gasteiger partial charge in [0.25, 0.3) is 0 Å². The van der Waals surface area contributed by atoms with Gasteiger partial charge in [-0.1, -0.05) is 82.9 Å². The Bertz CT molecular complexity index is 1860. The first-order valence-corrected chi connectivity index (χ1v) is 16.1. The molecule has 0 bridgehead atoms. The van der Waals surface area contributed by atoms with Gasteiger partial charge in [0.1, 0.15) is 35.4 Å². The van der Waals surface area contributed by atoms with Gasteiger partial charge in [-0.3, -0.25) is 0 Å². The highest BCUT2D eigenvalue weighted by atomic mass is 19.2. The van der Waals surface area contributed by atoms with E-state index in [1.54, 1.807) is 48.5 Å². The van der Waals surface area contributed by atoms with Gasteiger partial charge in [0, 0.05) is 29.9 Å². The van der Waals surface area contributed by atoms with E-state index in [2.05, 4.69) is 25.7 Å². The summed E-state index contributed by atoms with van der Waals surface area (Å²) in [5.74, 6) is -7.63. The number of unbranched alkanes of at least 4 members (excludes halogenated alkanes) is 4. The van der Waals surface area contributed by atoms with Crippen LogP contribution in [0.3, 0.4) is 0 Å². The highest BCUT2D eigenvalue weighted by molar-refractivity contribution is 6.08. The number of allylic oxidation sites excluding steroid dienone is 2. The second kappa shape index (κ2) is 18.1. The van der Waals surface area contributed by atoms with Crippen molar-refractivity contribution in [3.05, 3.63) is 105 Å². The Morgan fingerprint density at radius 2 is 1.06 bits per heavy atom. The molecule has 3 aromatic carbocycles. The maximum atomic E-state index is 16.1. The lowest BCUT2D eigenvalue weighted by atomic mass is 9.86. The molecule has 0 N–H and O–H groups in total. The van der Waals surface area contributed by atoms with Crippen molar-refractivity contribution in [1.82, 2.24) is 0 Å². The molecule has 0 aliphatic rings. The van der Waals surface area contributed by atoms with Gasteiger partial charge < -0.3 is 4.90 Å². The molecule has 0 aliphatic heterocycles. The number of hydrogen-bond donors (Lipinski definition) is 0. The summed E-state index contributed by atoms with van der Waals surface area (Å²) in [5.41, 5.74) is -0.250. The lowest BCUT2D eigenvalue weighted by Gasteiger charge is -2.25. The molecule has 9 heteroatoms. The van der Waals surface area contributed by atoms with Gasteiger partial charge in [0.05, 0.1) is 10.4 Å². The smallest absolute Gasteiger partial charge is 0.171 e. The van der Waals surface area contributed by atoms with Crippen molar-refractivity contribution in [1.29, 1.82) is 21.0 Å². The second-order valence-corrected chi connectivity index (χ2v) is 11.3. The van der Waals surface area contributed by atoms with Crippen molar-refractivity contribution in [3.8, 4) is 24.3 Å². The topological polar surface area (TPSA) is 98.4 Å². The van der Waals surface area contributed by atoms with E-state index >= 15 is 17.6 Å². The van der Waals surface area contributed by atoms with Gasteiger partial charge in [0.15, 0.2) is 23.3 Å². The third-order valence-electron chi connectivity index (χ3n) is 8.11. The Kier molecular flexibility index (Phi) is 14.0. The largest absolute Gasteiger partial charge is 0.372 e. The minimum Gasteiger partial charge on any atom is -0.372 e. The fourth-order valence-electron chi connectivity index (χ4n) is 5.50. The van der Waals surface area contributed by atoms with Crippen LogP contribution in [-0.2, 0) is 6.42 Å². The molecule has 0 aliphatic carbocycles. The van der Waals surface area contributed by atoms with Crippen LogP contribution in [0.25, 0.3) is 16.7 Å². The van der Waals surface area contributed by atoms with Crippen molar-refractivity contribution >= 4 is 22.4 Å². The molecular weight excluding hydrogens is 614 g/mol. The second-order valence-electron chi connectivity index (χ2n) is 11.3. The van der Waals surface area contributed by atoms with E-state index in [1.807, 2.05) is 0 Å². The number of aryl methyl sites for hydroxylation is 1. The third kappa shape index (κ3) is 8.31. The number of halogens is 4. The predicted octanol–water partition coefficient (Wildman–Crippen LogP) is 8.28. The number of anilines is 1. The minimum absolute atomic E-state index is 0.0869. The molecule has 3 aromatic rings. The van der Waals surface area contributed by atoms with Gasteiger partial charge >= 0.3 is 0 Å². The van der Waals surface area contributed by atoms with Gasteiger partial charge in [-0.2, -0.15) is 21.0 Å². The Hall–Kier alpha value is -5.38.